The van der Waals surface area contributed by atoms with E-state index in [1.807, 2.05) is 44.2 Å². The lowest BCUT2D eigenvalue weighted by atomic mass is 10.0. The van der Waals surface area contributed by atoms with E-state index < -0.39 is 17.7 Å². The fourth-order valence-electron chi connectivity index (χ4n) is 3.79. The standard InChI is InChI=1S/C23H29N3O4/c1-15(2)30-19-9-7-6-8-17(19)16-10-11-20(24-14-16)25-13-12-18(21(25)27)26(22(28)29)23(3,4)5/h6-11,14-15,18H,12-13H2,1-5H3,(H,28,29)/t18-/m0/s1. The van der Waals surface area contributed by atoms with Gasteiger partial charge in [0.1, 0.15) is 17.6 Å². The molecular formula is C23H29N3O4. The van der Waals surface area contributed by atoms with Crippen molar-refractivity contribution < 1.29 is 19.4 Å². The van der Waals surface area contributed by atoms with Gasteiger partial charge in [-0.05, 0) is 59.2 Å². The third-order valence-corrected chi connectivity index (χ3v) is 5.00. The van der Waals surface area contributed by atoms with E-state index in [0.29, 0.717) is 18.8 Å². The van der Waals surface area contributed by atoms with Crippen LogP contribution >= 0.6 is 0 Å². The van der Waals surface area contributed by atoms with Crippen LogP contribution in [0.3, 0.4) is 0 Å². The van der Waals surface area contributed by atoms with Crippen LogP contribution in [0, 0.1) is 0 Å². The fraction of sp³-hybridized carbons (Fsp3) is 0.435. The van der Waals surface area contributed by atoms with Gasteiger partial charge in [0.05, 0.1) is 6.10 Å². The van der Waals surface area contributed by atoms with Crippen LogP contribution in [0.1, 0.15) is 41.0 Å². The first-order valence-electron chi connectivity index (χ1n) is 10.2. The number of anilines is 1. The summed E-state index contributed by atoms with van der Waals surface area (Å²) >= 11 is 0. The molecule has 1 N–H and O–H groups in total. The lowest BCUT2D eigenvalue weighted by molar-refractivity contribution is -0.122. The van der Waals surface area contributed by atoms with Crippen molar-refractivity contribution in [3.63, 3.8) is 0 Å². The molecule has 1 aromatic heterocycles. The monoisotopic (exact) mass is 411 g/mol. The molecule has 0 bridgehead atoms. The molecule has 1 aliphatic rings. The van der Waals surface area contributed by atoms with Gasteiger partial charge in [-0.25, -0.2) is 9.78 Å². The van der Waals surface area contributed by atoms with Crippen LogP contribution in [0.2, 0.25) is 0 Å². The van der Waals surface area contributed by atoms with Crippen molar-refractivity contribution in [3.8, 4) is 16.9 Å². The van der Waals surface area contributed by atoms with Gasteiger partial charge in [-0.3, -0.25) is 14.6 Å². The molecule has 1 fully saturated rings. The third-order valence-electron chi connectivity index (χ3n) is 5.00. The van der Waals surface area contributed by atoms with Crippen molar-refractivity contribution in [2.24, 2.45) is 0 Å². The van der Waals surface area contributed by atoms with Crippen LogP contribution in [0.25, 0.3) is 11.1 Å². The molecule has 1 aliphatic heterocycles. The van der Waals surface area contributed by atoms with Gasteiger partial charge >= 0.3 is 6.09 Å². The van der Waals surface area contributed by atoms with Crippen molar-refractivity contribution in [1.82, 2.24) is 9.88 Å². The molecule has 0 saturated carbocycles. The maximum atomic E-state index is 13.0. The van der Waals surface area contributed by atoms with Gasteiger partial charge in [-0.2, -0.15) is 0 Å². The predicted molar refractivity (Wildman–Crippen MR) is 116 cm³/mol. The summed E-state index contributed by atoms with van der Waals surface area (Å²) in [6.45, 7) is 9.77. The molecule has 7 nitrogen and oxygen atoms in total. The maximum absolute atomic E-state index is 13.0. The summed E-state index contributed by atoms with van der Waals surface area (Å²) in [6, 6.07) is 10.8. The van der Waals surface area contributed by atoms with E-state index in [2.05, 4.69) is 4.98 Å². The smallest absolute Gasteiger partial charge is 0.408 e. The average Bonchev–Trinajstić information content (AvgIpc) is 3.01. The Morgan fingerprint density at radius 2 is 1.93 bits per heavy atom. The Labute approximate surface area is 177 Å². The van der Waals surface area contributed by atoms with Crippen molar-refractivity contribution in [3.05, 3.63) is 42.6 Å². The molecule has 1 atom stereocenters. The second kappa shape index (κ2) is 8.34. The van der Waals surface area contributed by atoms with E-state index in [0.717, 1.165) is 16.9 Å². The molecular weight excluding hydrogens is 382 g/mol. The molecule has 2 heterocycles. The molecule has 0 unspecified atom stereocenters. The summed E-state index contributed by atoms with van der Waals surface area (Å²) in [5.74, 6) is 1.06. The summed E-state index contributed by atoms with van der Waals surface area (Å²) < 4.78 is 5.89. The number of amides is 2. The predicted octanol–water partition coefficient (Wildman–Crippen LogP) is 4.42. The first kappa shape index (κ1) is 21.6. The highest BCUT2D eigenvalue weighted by molar-refractivity contribution is 6.00. The summed E-state index contributed by atoms with van der Waals surface area (Å²) in [5.41, 5.74) is 1.15. The molecule has 0 spiro atoms. The van der Waals surface area contributed by atoms with Crippen LogP contribution in [0.5, 0.6) is 5.75 Å². The van der Waals surface area contributed by atoms with Gasteiger partial charge in [0.2, 0.25) is 0 Å². The number of carboxylic acid groups (broad SMARTS) is 1. The highest BCUT2D eigenvalue weighted by atomic mass is 16.5. The first-order valence-corrected chi connectivity index (χ1v) is 10.2. The Morgan fingerprint density at radius 1 is 1.23 bits per heavy atom. The van der Waals surface area contributed by atoms with Gasteiger partial charge in [0.25, 0.3) is 5.91 Å². The van der Waals surface area contributed by atoms with E-state index in [4.69, 9.17) is 4.74 Å². The van der Waals surface area contributed by atoms with Gasteiger partial charge < -0.3 is 9.84 Å². The van der Waals surface area contributed by atoms with Crippen LogP contribution in [-0.4, -0.2) is 51.2 Å². The molecule has 0 aliphatic carbocycles. The lowest BCUT2D eigenvalue weighted by Gasteiger charge is -2.36. The topological polar surface area (TPSA) is 83.0 Å². The van der Waals surface area contributed by atoms with Gasteiger partial charge in [-0.1, -0.05) is 18.2 Å². The Bertz CT molecular complexity index is 919. The zero-order valence-electron chi connectivity index (χ0n) is 18.1. The number of rotatable bonds is 5. The van der Waals surface area contributed by atoms with Gasteiger partial charge in [0, 0.05) is 29.4 Å². The minimum Gasteiger partial charge on any atom is -0.490 e. The summed E-state index contributed by atoms with van der Waals surface area (Å²) in [6.07, 6.45) is 1.12. The Morgan fingerprint density at radius 3 is 2.50 bits per heavy atom. The number of benzene rings is 1. The number of carbonyl (C=O) groups excluding carboxylic acids is 1. The molecule has 7 heteroatoms. The molecule has 2 amide bonds. The number of nitrogens with zero attached hydrogens (tertiary/aromatic N) is 3. The summed E-state index contributed by atoms with van der Waals surface area (Å²) in [4.78, 5) is 32.0. The number of hydrogen-bond acceptors (Lipinski definition) is 4. The average molecular weight is 412 g/mol. The fourth-order valence-corrected chi connectivity index (χ4v) is 3.79. The summed E-state index contributed by atoms with van der Waals surface area (Å²) in [7, 11) is 0. The highest BCUT2D eigenvalue weighted by Gasteiger charge is 2.43. The minimum absolute atomic E-state index is 0.0533. The van der Waals surface area contributed by atoms with E-state index in [-0.39, 0.29) is 12.0 Å². The van der Waals surface area contributed by atoms with E-state index in [9.17, 15) is 14.7 Å². The molecule has 160 valence electrons. The van der Waals surface area contributed by atoms with Crippen molar-refractivity contribution in [1.29, 1.82) is 0 Å². The minimum atomic E-state index is -1.09. The molecule has 3 rings (SSSR count). The van der Waals surface area contributed by atoms with Crippen molar-refractivity contribution >= 4 is 17.8 Å². The molecule has 1 aromatic carbocycles. The Balaban J connectivity index is 1.83. The number of carbonyl (C=O) groups is 2. The number of pyridine rings is 1. The van der Waals surface area contributed by atoms with Crippen molar-refractivity contribution in [2.75, 3.05) is 11.4 Å². The second-order valence-corrected chi connectivity index (χ2v) is 8.69. The van der Waals surface area contributed by atoms with Gasteiger partial charge in [-0.15, -0.1) is 0 Å². The molecule has 30 heavy (non-hydrogen) atoms. The Kier molecular flexibility index (Phi) is 6.01. The third kappa shape index (κ3) is 4.40. The van der Waals surface area contributed by atoms with E-state index in [1.165, 1.54) is 4.90 Å². The zero-order chi connectivity index (χ0) is 22.1. The van der Waals surface area contributed by atoms with E-state index in [1.54, 1.807) is 37.9 Å². The quantitative estimate of drug-likeness (QED) is 0.787. The number of para-hydroxylation sites is 1. The molecule has 2 aromatic rings. The SMILES string of the molecule is CC(C)Oc1ccccc1-c1ccc(N2CC[C@H](N(C(=O)O)C(C)(C)C)C2=O)nc1. The molecule has 0 radical (unpaired) electrons. The normalized spacial score (nSPS) is 16.8. The first-order chi connectivity index (χ1) is 14.1. The van der Waals surface area contributed by atoms with Crippen LogP contribution < -0.4 is 9.64 Å². The number of hydrogen-bond donors (Lipinski definition) is 1. The molecule has 1 saturated heterocycles. The van der Waals surface area contributed by atoms with Crippen molar-refractivity contribution in [2.45, 2.75) is 58.7 Å². The number of aromatic nitrogens is 1. The van der Waals surface area contributed by atoms with Crippen LogP contribution in [-0.2, 0) is 4.79 Å². The second-order valence-electron chi connectivity index (χ2n) is 8.69. The zero-order valence-corrected chi connectivity index (χ0v) is 18.1. The number of ether oxygens (including phenoxy) is 1. The summed E-state index contributed by atoms with van der Waals surface area (Å²) in [5, 5.41) is 9.62. The highest BCUT2D eigenvalue weighted by Crippen LogP contribution is 2.32. The lowest BCUT2D eigenvalue weighted by Crippen LogP contribution is -2.54. The Hall–Kier alpha value is -3.09. The maximum Gasteiger partial charge on any atom is 0.408 e. The van der Waals surface area contributed by atoms with Gasteiger partial charge in [0.15, 0.2) is 0 Å². The largest absolute Gasteiger partial charge is 0.490 e. The van der Waals surface area contributed by atoms with Crippen LogP contribution in [0.4, 0.5) is 10.6 Å². The van der Waals surface area contributed by atoms with Crippen LogP contribution in [0.15, 0.2) is 42.6 Å². The van der Waals surface area contributed by atoms with E-state index >= 15 is 0 Å².